The molecule has 1 aromatic carbocycles. The highest BCUT2D eigenvalue weighted by Gasteiger charge is 2.12. The van der Waals surface area contributed by atoms with Crippen LogP contribution in [0.5, 0.6) is 5.75 Å². The zero-order valence-electron chi connectivity index (χ0n) is 10.0. The highest BCUT2D eigenvalue weighted by Crippen LogP contribution is 2.14. The predicted molar refractivity (Wildman–Crippen MR) is 78.2 cm³/mol. The molecule has 0 spiro atoms. The maximum atomic E-state index is 10.7. The van der Waals surface area contributed by atoms with Crippen molar-refractivity contribution in [2.24, 2.45) is 0 Å². The van der Waals surface area contributed by atoms with Crippen molar-refractivity contribution < 1.29 is 9.66 Å². The molecule has 1 aromatic heterocycles. The van der Waals surface area contributed by atoms with Crippen LogP contribution in [0.4, 0.5) is 5.95 Å². The second kappa shape index (κ2) is 6.50. The van der Waals surface area contributed by atoms with Crippen molar-refractivity contribution in [2.75, 3.05) is 6.61 Å². The molecule has 0 amide bonds. The van der Waals surface area contributed by atoms with E-state index in [2.05, 4.69) is 27.6 Å². The fourth-order valence-corrected chi connectivity index (χ4v) is 1.96. The van der Waals surface area contributed by atoms with Crippen molar-refractivity contribution in [1.82, 2.24) is 9.55 Å². The molecule has 100 valence electrons. The maximum absolute atomic E-state index is 10.7. The number of aryl methyl sites for hydroxylation is 1. The first-order valence-electron chi connectivity index (χ1n) is 5.71. The summed E-state index contributed by atoms with van der Waals surface area (Å²) in [6.07, 6.45) is 3.71. The Morgan fingerprint density at radius 3 is 2.79 bits per heavy atom. The van der Waals surface area contributed by atoms with Gasteiger partial charge in [0.15, 0.2) is 0 Å². The molecule has 0 bridgehead atoms. The molecule has 19 heavy (non-hydrogen) atoms. The first-order chi connectivity index (χ1) is 9.16. The molecule has 7 heteroatoms. The van der Waals surface area contributed by atoms with Gasteiger partial charge in [0.25, 0.3) is 0 Å². The van der Waals surface area contributed by atoms with E-state index in [0.717, 1.165) is 9.32 Å². The van der Waals surface area contributed by atoms with Gasteiger partial charge in [0.05, 0.1) is 13.2 Å². The van der Waals surface area contributed by atoms with E-state index in [1.807, 2.05) is 24.3 Å². The molecule has 0 aliphatic heterocycles. The number of rotatable bonds is 6. The van der Waals surface area contributed by atoms with Gasteiger partial charge < -0.3 is 14.9 Å². The fourth-order valence-electron chi connectivity index (χ4n) is 1.60. The van der Waals surface area contributed by atoms with Crippen molar-refractivity contribution in [1.29, 1.82) is 0 Å². The van der Waals surface area contributed by atoms with Crippen molar-refractivity contribution in [3.63, 3.8) is 0 Å². The number of hydrogen-bond acceptors (Lipinski definition) is 4. The number of halogens is 1. The number of nitrogens with zero attached hydrogens (tertiary/aromatic N) is 3. The topological polar surface area (TPSA) is 70.2 Å². The molecule has 0 aliphatic carbocycles. The number of hydrogen-bond donors (Lipinski definition) is 0. The SMILES string of the molecule is O=[N+]([O-])c1nccn1CCCOc1ccc(I)cc1. The van der Waals surface area contributed by atoms with Gasteiger partial charge in [-0.1, -0.05) is 4.98 Å². The van der Waals surface area contributed by atoms with Gasteiger partial charge in [0.2, 0.25) is 0 Å². The molecule has 6 nitrogen and oxygen atoms in total. The molecule has 0 atom stereocenters. The summed E-state index contributed by atoms with van der Waals surface area (Å²) in [5.74, 6) is 0.676. The molecule has 2 rings (SSSR count). The van der Waals surface area contributed by atoms with Crippen molar-refractivity contribution in [2.45, 2.75) is 13.0 Å². The van der Waals surface area contributed by atoms with Crippen LogP contribution < -0.4 is 4.74 Å². The van der Waals surface area contributed by atoms with Gasteiger partial charge in [-0.05, 0) is 51.8 Å². The van der Waals surface area contributed by atoms with Crippen LogP contribution in [0.2, 0.25) is 0 Å². The van der Waals surface area contributed by atoms with Crippen LogP contribution >= 0.6 is 22.6 Å². The first-order valence-corrected chi connectivity index (χ1v) is 6.78. The Morgan fingerprint density at radius 1 is 1.37 bits per heavy atom. The van der Waals surface area contributed by atoms with Crippen molar-refractivity contribution >= 4 is 28.5 Å². The highest BCUT2D eigenvalue weighted by atomic mass is 127. The van der Waals surface area contributed by atoms with Crippen LogP contribution in [0.3, 0.4) is 0 Å². The zero-order chi connectivity index (χ0) is 13.7. The smallest absolute Gasteiger partial charge is 0.434 e. The van der Waals surface area contributed by atoms with Crippen LogP contribution in [0.25, 0.3) is 0 Å². The van der Waals surface area contributed by atoms with E-state index in [4.69, 9.17) is 4.74 Å². The Morgan fingerprint density at radius 2 is 2.11 bits per heavy atom. The third kappa shape index (κ3) is 3.91. The second-order valence-electron chi connectivity index (χ2n) is 3.83. The number of benzene rings is 1. The molecule has 0 unspecified atom stereocenters. The Bertz CT molecular complexity index is 554. The van der Waals surface area contributed by atoms with E-state index >= 15 is 0 Å². The molecule has 2 aromatic rings. The summed E-state index contributed by atoms with van der Waals surface area (Å²) in [5.41, 5.74) is 0. The summed E-state index contributed by atoms with van der Waals surface area (Å²) in [6, 6.07) is 7.75. The van der Waals surface area contributed by atoms with Gasteiger partial charge in [-0.3, -0.25) is 0 Å². The average molecular weight is 373 g/mol. The van der Waals surface area contributed by atoms with E-state index in [1.165, 1.54) is 10.8 Å². The molecule has 0 saturated heterocycles. The Kier molecular flexibility index (Phi) is 4.72. The lowest BCUT2D eigenvalue weighted by Crippen LogP contribution is -2.06. The fraction of sp³-hybridized carbons (Fsp3) is 0.250. The summed E-state index contributed by atoms with van der Waals surface area (Å²) >= 11 is 2.23. The van der Waals surface area contributed by atoms with E-state index in [1.54, 1.807) is 6.20 Å². The van der Waals surface area contributed by atoms with E-state index in [0.29, 0.717) is 19.6 Å². The average Bonchev–Trinajstić information content (AvgIpc) is 2.85. The third-order valence-corrected chi connectivity index (χ3v) is 3.20. The lowest BCUT2D eigenvalue weighted by molar-refractivity contribution is -0.396. The normalized spacial score (nSPS) is 10.4. The monoisotopic (exact) mass is 373 g/mol. The van der Waals surface area contributed by atoms with Gasteiger partial charge in [-0.25, -0.2) is 4.57 Å². The number of ether oxygens (including phenoxy) is 1. The standard InChI is InChI=1S/C12H12IN3O3/c13-10-2-4-11(5-3-10)19-9-1-7-15-8-6-14-12(15)16(17)18/h2-6,8H,1,7,9H2. The number of aromatic nitrogens is 2. The summed E-state index contributed by atoms with van der Waals surface area (Å²) in [4.78, 5) is 13.9. The van der Waals surface area contributed by atoms with Gasteiger partial charge in [0, 0.05) is 9.99 Å². The molecular weight excluding hydrogens is 361 g/mol. The quantitative estimate of drug-likeness (QED) is 0.338. The van der Waals surface area contributed by atoms with Gasteiger partial charge >= 0.3 is 5.95 Å². The molecule has 0 fully saturated rings. The largest absolute Gasteiger partial charge is 0.493 e. The second-order valence-corrected chi connectivity index (χ2v) is 5.08. The Hall–Kier alpha value is -1.64. The highest BCUT2D eigenvalue weighted by molar-refractivity contribution is 14.1. The maximum Gasteiger partial charge on any atom is 0.434 e. The van der Waals surface area contributed by atoms with Crippen molar-refractivity contribution in [3.05, 3.63) is 50.3 Å². The first kappa shape index (κ1) is 13.8. The van der Waals surface area contributed by atoms with Crippen LogP contribution in [0.1, 0.15) is 6.42 Å². The molecule has 0 saturated carbocycles. The van der Waals surface area contributed by atoms with Crippen LogP contribution in [-0.2, 0) is 6.54 Å². The summed E-state index contributed by atoms with van der Waals surface area (Å²) in [6.45, 7) is 1.02. The molecule has 1 heterocycles. The molecule has 0 N–H and O–H groups in total. The van der Waals surface area contributed by atoms with Crippen molar-refractivity contribution in [3.8, 4) is 5.75 Å². The Balaban J connectivity index is 1.79. The van der Waals surface area contributed by atoms with Gasteiger partial charge in [0.1, 0.15) is 18.1 Å². The third-order valence-electron chi connectivity index (χ3n) is 2.48. The van der Waals surface area contributed by atoms with E-state index < -0.39 is 4.92 Å². The minimum atomic E-state index is -0.486. The molecule has 0 radical (unpaired) electrons. The molecule has 0 aliphatic rings. The lowest BCUT2D eigenvalue weighted by Gasteiger charge is -2.06. The molecular formula is C12H12IN3O3. The number of nitro groups is 1. The van der Waals surface area contributed by atoms with E-state index in [-0.39, 0.29) is 5.95 Å². The summed E-state index contributed by atoms with van der Waals surface area (Å²) < 4.78 is 8.22. The summed E-state index contributed by atoms with van der Waals surface area (Å²) in [7, 11) is 0. The van der Waals surface area contributed by atoms with Crippen LogP contribution in [0.15, 0.2) is 36.7 Å². The van der Waals surface area contributed by atoms with Crippen LogP contribution in [-0.4, -0.2) is 21.1 Å². The minimum Gasteiger partial charge on any atom is -0.493 e. The number of imidazole rings is 1. The zero-order valence-corrected chi connectivity index (χ0v) is 12.2. The van der Waals surface area contributed by atoms with E-state index in [9.17, 15) is 10.1 Å². The predicted octanol–water partition coefficient (Wildman–Crippen LogP) is 2.87. The minimum absolute atomic E-state index is 0.130. The Labute approximate surface area is 123 Å². The van der Waals surface area contributed by atoms with Gasteiger partial charge in [-0.2, -0.15) is 0 Å². The summed E-state index contributed by atoms with van der Waals surface area (Å²) in [5, 5.41) is 10.7. The lowest BCUT2D eigenvalue weighted by atomic mass is 10.3. The van der Waals surface area contributed by atoms with Gasteiger partial charge in [-0.15, -0.1) is 0 Å². The van der Waals surface area contributed by atoms with Crippen LogP contribution in [0, 0.1) is 13.7 Å².